The molecule has 1 atom stereocenters. The van der Waals surface area contributed by atoms with E-state index in [2.05, 4.69) is 23.2 Å². The topological polar surface area (TPSA) is 12.9 Å². The predicted octanol–water partition coefficient (Wildman–Crippen LogP) is 3.08. The highest BCUT2D eigenvalue weighted by atomic mass is 32.2. The molecule has 1 unspecified atom stereocenters. The third kappa shape index (κ3) is 1.04. The maximum Gasteiger partial charge on any atom is 0.108 e. The molecule has 3 heteroatoms. The van der Waals surface area contributed by atoms with Crippen LogP contribution in [0.2, 0.25) is 0 Å². The number of hydrogen-bond donors (Lipinski definition) is 0. The van der Waals surface area contributed by atoms with E-state index in [0.29, 0.717) is 5.25 Å². The highest BCUT2D eigenvalue weighted by molar-refractivity contribution is 8.06. The van der Waals surface area contributed by atoms with Crippen molar-refractivity contribution in [3.8, 4) is 0 Å². The van der Waals surface area contributed by atoms with Gasteiger partial charge in [0.25, 0.3) is 0 Å². The highest BCUT2D eigenvalue weighted by Gasteiger charge is 2.27. The van der Waals surface area contributed by atoms with Gasteiger partial charge in [-0.3, -0.25) is 0 Å². The zero-order valence-corrected chi connectivity index (χ0v) is 7.99. The van der Waals surface area contributed by atoms with Crippen molar-refractivity contribution in [3.63, 3.8) is 0 Å². The van der Waals surface area contributed by atoms with Crippen molar-refractivity contribution in [1.29, 1.82) is 0 Å². The molecule has 2 heterocycles. The van der Waals surface area contributed by atoms with E-state index >= 15 is 0 Å². The maximum absolute atomic E-state index is 4.57. The number of rotatable bonds is 1. The van der Waals surface area contributed by atoms with Gasteiger partial charge in [0.2, 0.25) is 0 Å². The van der Waals surface area contributed by atoms with Gasteiger partial charge in [0.1, 0.15) is 5.01 Å². The summed E-state index contributed by atoms with van der Waals surface area (Å²) in [5, 5.41) is 2.02. The van der Waals surface area contributed by atoms with Crippen molar-refractivity contribution >= 4 is 33.3 Å². The molecule has 1 saturated heterocycles. The Morgan fingerprint density at radius 2 is 2.17 bits per heavy atom. The predicted molar refractivity (Wildman–Crippen MR) is 54.8 cm³/mol. The van der Waals surface area contributed by atoms with Crippen LogP contribution in [-0.2, 0) is 0 Å². The molecule has 60 valence electrons. The number of aromatic nitrogens is 1. The monoisotopic (exact) mass is 193 g/mol. The third-order valence-electron chi connectivity index (χ3n) is 1.92. The molecule has 1 aliphatic heterocycles. The molecule has 0 bridgehead atoms. The number of fused-ring (bicyclic) bond motifs is 1. The lowest BCUT2D eigenvalue weighted by Gasteiger charge is -1.81. The van der Waals surface area contributed by atoms with Crippen molar-refractivity contribution in [2.45, 2.75) is 5.25 Å². The molecule has 0 N–H and O–H groups in total. The zero-order valence-electron chi connectivity index (χ0n) is 6.36. The number of hydrogen-bond acceptors (Lipinski definition) is 3. The molecule has 1 aromatic heterocycles. The van der Waals surface area contributed by atoms with Crippen molar-refractivity contribution < 1.29 is 0 Å². The Balaban J connectivity index is 2.23. The molecule has 0 amide bonds. The third-order valence-corrected chi connectivity index (χ3v) is 4.11. The summed E-state index contributed by atoms with van der Waals surface area (Å²) in [4.78, 5) is 4.57. The standard InChI is InChI=1S/C9H7NS2/c1-2-4-7-6(3-1)10-9(12-7)8-5-11-8/h1-4,8H,5H2. The Hall–Kier alpha value is -0.540. The van der Waals surface area contributed by atoms with E-state index in [1.807, 2.05) is 29.2 Å². The maximum atomic E-state index is 4.57. The van der Waals surface area contributed by atoms with E-state index in [-0.39, 0.29) is 0 Å². The number of thioether (sulfide) groups is 1. The first-order valence-corrected chi connectivity index (χ1v) is 5.77. The van der Waals surface area contributed by atoms with E-state index in [4.69, 9.17) is 0 Å². The number of benzene rings is 1. The van der Waals surface area contributed by atoms with Crippen LogP contribution >= 0.6 is 23.1 Å². The van der Waals surface area contributed by atoms with E-state index in [1.54, 1.807) is 0 Å². The van der Waals surface area contributed by atoms with Gasteiger partial charge in [0, 0.05) is 5.75 Å². The van der Waals surface area contributed by atoms with Gasteiger partial charge in [0.15, 0.2) is 0 Å². The van der Waals surface area contributed by atoms with E-state index in [9.17, 15) is 0 Å². The van der Waals surface area contributed by atoms with Gasteiger partial charge in [-0.25, -0.2) is 4.98 Å². The molecule has 1 aromatic carbocycles. The average Bonchev–Trinajstić information content (AvgIpc) is 2.85. The fraction of sp³-hybridized carbons (Fsp3) is 0.222. The van der Waals surface area contributed by atoms with Gasteiger partial charge >= 0.3 is 0 Å². The van der Waals surface area contributed by atoms with Crippen LogP contribution in [-0.4, -0.2) is 10.7 Å². The minimum Gasteiger partial charge on any atom is -0.240 e. The molecule has 1 fully saturated rings. The Kier molecular flexibility index (Phi) is 1.43. The quantitative estimate of drug-likeness (QED) is 0.645. The van der Waals surface area contributed by atoms with Gasteiger partial charge < -0.3 is 0 Å². The van der Waals surface area contributed by atoms with Crippen LogP contribution in [0.15, 0.2) is 24.3 Å². The van der Waals surface area contributed by atoms with Crippen LogP contribution in [0.5, 0.6) is 0 Å². The zero-order chi connectivity index (χ0) is 7.97. The molecular weight excluding hydrogens is 186 g/mol. The molecule has 2 aromatic rings. The Labute approximate surface area is 78.8 Å². The minimum absolute atomic E-state index is 0.711. The van der Waals surface area contributed by atoms with Crippen LogP contribution in [0.3, 0.4) is 0 Å². The summed E-state index contributed by atoms with van der Waals surface area (Å²) in [5.74, 6) is 1.26. The molecular formula is C9H7NS2. The molecule has 1 nitrogen and oxygen atoms in total. The summed E-state index contributed by atoms with van der Waals surface area (Å²) < 4.78 is 1.32. The average molecular weight is 193 g/mol. The van der Waals surface area contributed by atoms with Gasteiger partial charge in [-0.2, -0.15) is 0 Å². The van der Waals surface area contributed by atoms with Crippen molar-refractivity contribution in [2.24, 2.45) is 0 Å². The lowest BCUT2D eigenvalue weighted by Crippen LogP contribution is -1.73. The van der Waals surface area contributed by atoms with Gasteiger partial charge in [0.05, 0.1) is 15.5 Å². The van der Waals surface area contributed by atoms with Crippen LogP contribution in [0, 0.1) is 0 Å². The van der Waals surface area contributed by atoms with E-state index < -0.39 is 0 Å². The second kappa shape index (κ2) is 2.47. The molecule has 0 radical (unpaired) electrons. The summed E-state index contributed by atoms with van der Waals surface area (Å²) in [6.07, 6.45) is 0. The SMILES string of the molecule is c1ccc2sc(C3CS3)nc2c1. The molecule has 3 rings (SSSR count). The summed E-state index contributed by atoms with van der Waals surface area (Å²) in [7, 11) is 0. The fourth-order valence-corrected chi connectivity index (χ4v) is 3.07. The fourth-order valence-electron chi connectivity index (χ4n) is 1.22. The van der Waals surface area contributed by atoms with Gasteiger partial charge in [-0.05, 0) is 12.1 Å². The summed E-state index contributed by atoms with van der Waals surface area (Å²) in [5.41, 5.74) is 1.16. The summed E-state index contributed by atoms with van der Waals surface area (Å²) in [6, 6.07) is 8.35. The molecule has 0 aliphatic carbocycles. The van der Waals surface area contributed by atoms with Crippen LogP contribution < -0.4 is 0 Å². The summed E-state index contributed by atoms with van der Waals surface area (Å²) >= 11 is 3.82. The van der Waals surface area contributed by atoms with E-state index in [1.165, 1.54) is 15.5 Å². The number of thiazole rings is 1. The van der Waals surface area contributed by atoms with Crippen molar-refractivity contribution in [3.05, 3.63) is 29.3 Å². The Morgan fingerprint density at radius 1 is 1.33 bits per heavy atom. The Morgan fingerprint density at radius 3 is 2.92 bits per heavy atom. The highest BCUT2D eigenvalue weighted by Crippen LogP contribution is 2.48. The lowest BCUT2D eigenvalue weighted by molar-refractivity contribution is 1.18. The molecule has 12 heavy (non-hydrogen) atoms. The van der Waals surface area contributed by atoms with Crippen LogP contribution in [0.25, 0.3) is 10.2 Å². The second-order valence-electron chi connectivity index (χ2n) is 2.84. The smallest absolute Gasteiger partial charge is 0.108 e. The van der Waals surface area contributed by atoms with Crippen LogP contribution in [0.4, 0.5) is 0 Å². The first-order chi connectivity index (χ1) is 5.93. The van der Waals surface area contributed by atoms with Gasteiger partial charge in [-0.15, -0.1) is 23.1 Å². The van der Waals surface area contributed by atoms with Crippen LogP contribution in [0.1, 0.15) is 10.3 Å². The minimum atomic E-state index is 0.711. The van der Waals surface area contributed by atoms with Crippen molar-refractivity contribution in [2.75, 3.05) is 5.75 Å². The Bertz CT molecular complexity index is 384. The van der Waals surface area contributed by atoms with Gasteiger partial charge in [-0.1, -0.05) is 12.1 Å². The molecule has 1 aliphatic rings. The second-order valence-corrected chi connectivity index (χ2v) is 5.14. The molecule has 0 spiro atoms. The van der Waals surface area contributed by atoms with E-state index in [0.717, 1.165) is 5.52 Å². The largest absolute Gasteiger partial charge is 0.240 e. The first kappa shape index (κ1) is 6.92. The first-order valence-electron chi connectivity index (χ1n) is 3.90. The summed E-state index contributed by atoms with van der Waals surface area (Å²) in [6.45, 7) is 0. The van der Waals surface area contributed by atoms with Crippen molar-refractivity contribution in [1.82, 2.24) is 4.98 Å². The lowest BCUT2D eigenvalue weighted by atomic mass is 10.3. The number of nitrogens with zero attached hydrogens (tertiary/aromatic N) is 1. The molecule has 0 saturated carbocycles. The number of para-hydroxylation sites is 1. The normalized spacial score (nSPS) is 21.5.